The highest BCUT2D eigenvalue weighted by Gasteiger charge is 2.12. The monoisotopic (exact) mass is 143 g/mol. The summed E-state index contributed by atoms with van der Waals surface area (Å²) in [6, 6.07) is 0. The average molecular weight is 143 g/mol. The minimum absolute atomic E-state index is 0. The Morgan fingerprint density at radius 2 is 2.60 bits per heavy atom. The third kappa shape index (κ3) is 2.01. The van der Waals surface area contributed by atoms with Crippen LogP contribution in [0.5, 0.6) is 0 Å². The highest BCUT2D eigenvalue weighted by atomic mass is 16.1. The molecule has 2 nitrogen and oxygen atoms in total. The Morgan fingerprint density at radius 3 is 3.30 bits per heavy atom. The largest absolute Gasteiger partial charge is 0.356 e. The zero-order valence-electron chi connectivity index (χ0n) is 6.52. The molecule has 0 aromatic heterocycles. The van der Waals surface area contributed by atoms with Gasteiger partial charge in [0.1, 0.15) is 0 Å². The molecular formula is C8H17NO. The van der Waals surface area contributed by atoms with E-state index in [1.54, 1.807) is 0 Å². The van der Waals surface area contributed by atoms with Gasteiger partial charge in [0.25, 0.3) is 0 Å². The van der Waals surface area contributed by atoms with Crippen LogP contribution in [0.1, 0.15) is 34.0 Å². The van der Waals surface area contributed by atoms with Crippen LogP contribution < -0.4 is 5.32 Å². The molecule has 1 aliphatic heterocycles. The van der Waals surface area contributed by atoms with Gasteiger partial charge in [-0.25, -0.2) is 0 Å². The number of nitrogens with one attached hydrogen (secondary N) is 1. The molecule has 10 heavy (non-hydrogen) atoms. The maximum absolute atomic E-state index is 10.8. The van der Waals surface area contributed by atoms with Gasteiger partial charge in [-0.3, -0.25) is 4.79 Å². The lowest BCUT2D eigenvalue weighted by molar-refractivity contribution is -0.120. The first-order valence-corrected chi connectivity index (χ1v) is 4.09. The molecule has 0 spiro atoms. The molecule has 0 saturated carbocycles. The van der Waals surface area contributed by atoms with Gasteiger partial charge in [0.05, 0.1) is 0 Å². The van der Waals surface area contributed by atoms with Crippen LogP contribution >= 0.6 is 0 Å². The lowest BCUT2D eigenvalue weighted by Gasteiger charge is -2.09. The van der Waals surface area contributed by atoms with Gasteiger partial charge in [-0.05, 0) is 18.8 Å². The minimum atomic E-state index is 0. The predicted octanol–water partition coefficient (Wildman–Crippen LogP) is 1.56. The van der Waals surface area contributed by atoms with E-state index < -0.39 is 0 Å². The number of hydrogen-bond acceptors (Lipinski definition) is 1. The van der Waals surface area contributed by atoms with Crippen LogP contribution in [0.4, 0.5) is 0 Å². The third-order valence-corrected chi connectivity index (χ3v) is 2.18. The van der Waals surface area contributed by atoms with Crippen LogP contribution in [0, 0.1) is 5.92 Å². The Balaban J connectivity index is 0.000001000. The number of rotatable bonds is 1. The summed E-state index contributed by atoms with van der Waals surface area (Å²) < 4.78 is 0. The van der Waals surface area contributed by atoms with Crippen molar-refractivity contribution < 1.29 is 6.22 Å². The van der Waals surface area contributed by atoms with Crippen LogP contribution in [-0.4, -0.2) is 12.5 Å². The van der Waals surface area contributed by atoms with Crippen molar-refractivity contribution in [3.63, 3.8) is 0 Å². The fourth-order valence-electron chi connectivity index (χ4n) is 1.35. The average Bonchev–Trinajstić information content (AvgIpc) is 2.14. The third-order valence-electron chi connectivity index (χ3n) is 2.18. The van der Waals surface area contributed by atoms with E-state index in [1.807, 2.05) is 0 Å². The maximum Gasteiger partial charge on any atom is 0.220 e. The molecule has 0 unspecified atom stereocenters. The smallest absolute Gasteiger partial charge is 0.220 e. The van der Waals surface area contributed by atoms with Crippen molar-refractivity contribution in [1.82, 2.24) is 5.32 Å². The number of carbonyl (C=O) groups is 1. The molecule has 0 radical (unpaired) electrons. The Morgan fingerprint density at radius 1 is 1.80 bits per heavy atom. The molecule has 0 bridgehead atoms. The summed E-state index contributed by atoms with van der Waals surface area (Å²) in [6.07, 6.45) is 4.22. The number of carbonyl (C=O) groups excluding carboxylic acids is 1. The molecule has 0 aromatic carbocycles. The summed E-state index contributed by atoms with van der Waals surface area (Å²) in [7, 11) is 0. The molecule has 1 atom stereocenters. The maximum atomic E-state index is 10.8. The van der Waals surface area contributed by atoms with E-state index in [0.717, 1.165) is 25.3 Å². The predicted molar refractivity (Wildman–Crippen MR) is 42.8 cm³/mol. The van der Waals surface area contributed by atoms with Crippen molar-refractivity contribution in [2.75, 3.05) is 6.54 Å². The fourth-order valence-corrected chi connectivity index (χ4v) is 1.35. The van der Waals surface area contributed by atoms with Gasteiger partial charge >= 0.3 is 0 Å². The zero-order chi connectivity index (χ0) is 7.40. The van der Waals surface area contributed by atoms with Crippen molar-refractivity contribution in [3.8, 4) is 0 Å². The van der Waals surface area contributed by atoms with Crippen LogP contribution in [0.15, 0.2) is 0 Å². The second kappa shape index (κ2) is 3.59. The van der Waals surface area contributed by atoms with Gasteiger partial charge in [0.15, 0.2) is 0 Å². The van der Waals surface area contributed by atoms with Gasteiger partial charge in [0.2, 0.25) is 5.91 Å². The van der Waals surface area contributed by atoms with E-state index in [1.165, 1.54) is 12.8 Å². The molecule has 1 amide bonds. The Kier molecular flexibility index (Phi) is 2.72. The summed E-state index contributed by atoms with van der Waals surface area (Å²) in [4.78, 5) is 10.8. The van der Waals surface area contributed by atoms with E-state index in [4.69, 9.17) is 0 Å². The normalized spacial score (nSPS) is 27.3. The van der Waals surface area contributed by atoms with Crippen LogP contribution in [-0.2, 0) is 4.79 Å². The Bertz CT molecular complexity index is 127. The van der Waals surface area contributed by atoms with Crippen molar-refractivity contribution in [2.45, 2.75) is 32.6 Å². The Hall–Kier alpha value is -0.530. The van der Waals surface area contributed by atoms with Gasteiger partial charge in [-0.1, -0.05) is 13.3 Å². The van der Waals surface area contributed by atoms with E-state index >= 15 is 0 Å². The highest BCUT2D eigenvalue weighted by Crippen LogP contribution is 2.14. The van der Waals surface area contributed by atoms with E-state index in [9.17, 15) is 4.79 Å². The minimum Gasteiger partial charge on any atom is -0.356 e. The van der Waals surface area contributed by atoms with E-state index in [-0.39, 0.29) is 7.33 Å². The first kappa shape index (κ1) is 7.58. The van der Waals surface area contributed by atoms with Gasteiger partial charge < -0.3 is 5.32 Å². The van der Waals surface area contributed by atoms with Crippen molar-refractivity contribution in [3.05, 3.63) is 0 Å². The summed E-state index contributed by atoms with van der Waals surface area (Å²) in [5, 5.41) is 2.91. The topological polar surface area (TPSA) is 29.1 Å². The number of amides is 1. The highest BCUT2D eigenvalue weighted by molar-refractivity contribution is 5.76. The van der Waals surface area contributed by atoms with Crippen molar-refractivity contribution >= 4 is 5.91 Å². The van der Waals surface area contributed by atoms with Gasteiger partial charge in [-0.2, -0.15) is 0 Å². The molecule has 2 heteroatoms. The summed E-state index contributed by atoms with van der Waals surface area (Å²) in [5.41, 5.74) is 0. The van der Waals surface area contributed by atoms with E-state index in [2.05, 4.69) is 12.2 Å². The molecule has 60 valence electrons. The van der Waals surface area contributed by atoms with Crippen molar-refractivity contribution in [1.29, 1.82) is 0 Å². The molecule has 1 heterocycles. The van der Waals surface area contributed by atoms with Crippen LogP contribution in [0.3, 0.4) is 0 Å². The molecular weight excluding hydrogens is 126 g/mol. The Labute approximate surface area is 63.5 Å². The van der Waals surface area contributed by atoms with Crippen LogP contribution in [0.2, 0.25) is 0 Å². The van der Waals surface area contributed by atoms with E-state index in [0.29, 0.717) is 0 Å². The second-order valence-electron chi connectivity index (χ2n) is 2.97. The first-order chi connectivity index (χ1) is 4.83. The van der Waals surface area contributed by atoms with Gasteiger partial charge in [0, 0.05) is 14.4 Å². The SMILES string of the molecule is CC[C@@H]1CCCC(=O)NC1.[HH]. The second-order valence-corrected chi connectivity index (χ2v) is 2.97. The molecule has 1 N–H and O–H groups in total. The van der Waals surface area contributed by atoms with Gasteiger partial charge in [-0.15, -0.1) is 0 Å². The molecule has 1 aliphatic rings. The molecule has 1 rings (SSSR count). The quantitative estimate of drug-likeness (QED) is 0.593. The lowest BCUT2D eigenvalue weighted by Crippen LogP contribution is -2.25. The summed E-state index contributed by atoms with van der Waals surface area (Å²) >= 11 is 0. The molecule has 1 saturated heterocycles. The molecule has 0 aromatic rings. The zero-order valence-corrected chi connectivity index (χ0v) is 6.52. The fraction of sp³-hybridized carbons (Fsp3) is 0.875. The molecule has 1 fully saturated rings. The van der Waals surface area contributed by atoms with Crippen LogP contribution in [0.25, 0.3) is 0 Å². The lowest BCUT2D eigenvalue weighted by atomic mass is 10.0. The standard InChI is InChI=1S/C8H15NO.H2/c1-2-7-4-3-5-8(10)9-6-7;/h7H,2-6H2,1H3,(H,9,10);1H/t7-;/m1./s1. The molecule has 0 aliphatic carbocycles. The van der Waals surface area contributed by atoms with Crippen molar-refractivity contribution in [2.24, 2.45) is 5.92 Å². The summed E-state index contributed by atoms with van der Waals surface area (Å²) in [5.74, 6) is 0.961. The summed E-state index contributed by atoms with van der Waals surface area (Å²) in [6.45, 7) is 3.08. The number of hydrogen-bond donors (Lipinski definition) is 1. The first-order valence-electron chi connectivity index (χ1n) is 4.09.